The molecule has 0 amide bonds. The predicted octanol–water partition coefficient (Wildman–Crippen LogP) is 3.99. The minimum Gasteiger partial charge on any atom is -0.370 e. The highest BCUT2D eigenvalue weighted by Crippen LogP contribution is 2.34. The summed E-state index contributed by atoms with van der Waals surface area (Å²) in [5.74, 6) is 2.19. The first-order valence-electron chi connectivity index (χ1n) is 8.62. The topological polar surface area (TPSA) is 59.4 Å². The van der Waals surface area contributed by atoms with E-state index in [4.69, 9.17) is 5.73 Å². The summed E-state index contributed by atoms with van der Waals surface area (Å²) in [5, 5.41) is 4.26. The van der Waals surface area contributed by atoms with E-state index < -0.39 is 11.7 Å². The van der Waals surface area contributed by atoms with Crippen LogP contribution in [0.1, 0.15) is 22.5 Å². The van der Waals surface area contributed by atoms with Crippen LogP contribution in [-0.2, 0) is 12.7 Å². The Bertz CT molecular complexity index is 844. The second kappa shape index (κ2) is 9.38. The zero-order chi connectivity index (χ0) is 19.6. The van der Waals surface area contributed by atoms with E-state index in [0.29, 0.717) is 11.6 Å². The molecule has 1 aromatic heterocycles. The van der Waals surface area contributed by atoms with Crippen LogP contribution in [0.25, 0.3) is 5.69 Å². The second-order valence-electron chi connectivity index (χ2n) is 6.45. The largest absolute Gasteiger partial charge is 0.416 e. The molecule has 1 aromatic carbocycles. The van der Waals surface area contributed by atoms with Crippen molar-refractivity contribution in [3.05, 3.63) is 46.8 Å². The van der Waals surface area contributed by atoms with Gasteiger partial charge in [0.05, 0.1) is 23.5 Å². The van der Waals surface area contributed by atoms with Crippen LogP contribution in [0.5, 0.6) is 0 Å². The van der Waals surface area contributed by atoms with E-state index in [0.717, 1.165) is 42.0 Å². The van der Waals surface area contributed by atoms with E-state index in [1.54, 1.807) is 13.0 Å². The molecule has 2 N–H and O–H groups in total. The van der Waals surface area contributed by atoms with Crippen molar-refractivity contribution in [2.45, 2.75) is 26.6 Å². The number of thioether (sulfide) groups is 1. The summed E-state index contributed by atoms with van der Waals surface area (Å²) in [4.78, 5) is 6.12. The summed E-state index contributed by atoms with van der Waals surface area (Å²) in [6, 6.07) is 6.03. The van der Waals surface area contributed by atoms with Crippen LogP contribution < -0.4 is 5.73 Å². The maximum absolute atomic E-state index is 13.6. The molecule has 28 heavy (non-hydrogen) atoms. The quantitative estimate of drug-likeness (QED) is 0.374. The van der Waals surface area contributed by atoms with Gasteiger partial charge >= 0.3 is 6.18 Å². The number of aryl methyl sites for hydroxylation is 2. The molecule has 0 atom stereocenters. The van der Waals surface area contributed by atoms with Gasteiger partial charge in [0.15, 0.2) is 5.96 Å². The number of nitrogens with two attached hydrogens (primary N) is 1. The Morgan fingerprint density at radius 2 is 1.89 bits per heavy atom. The van der Waals surface area contributed by atoms with Gasteiger partial charge in [-0.3, -0.25) is 0 Å². The summed E-state index contributed by atoms with van der Waals surface area (Å²) in [6.45, 7) is 5.04. The van der Waals surface area contributed by atoms with Crippen LogP contribution in [0.2, 0.25) is 0 Å². The van der Waals surface area contributed by atoms with Crippen LogP contribution in [-0.4, -0.2) is 45.2 Å². The molecule has 1 aliphatic heterocycles. The first-order chi connectivity index (χ1) is 12.8. The van der Waals surface area contributed by atoms with Crippen molar-refractivity contribution >= 4 is 41.7 Å². The zero-order valence-corrected chi connectivity index (χ0v) is 18.8. The number of benzene rings is 1. The van der Waals surface area contributed by atoms with Crippen molar-refractivity contribution in [3.8, 4) is 5.69 Å². The molecule has 1 aliphatic rings. The Labute approximate surface area is 183 Å². The lowest BCUT2D eigenvalue weighted by Gasteiger charge is -2.27. The van der Waals surface area contributed by atoms with E-state index >= 15 is 0 Å². The van der Waals surface area contributed by atoms with Crippen LogP contribution in [0.15, 0.2) is 29.3 Å². The number of guanidine groups is 1. The lowest BCUT2D eigenvalue weighted by molar-refractivity contribution is -0.138. The highest BCUT2D eigenvalue weighted by molar-refractivity contribution is 14.0. The first kappa shape index (κ1) is 22.9. The van der Waals surface area contributed by atoms with Crippen molar-refractivity contribution in [1.29, 1.82) is 0 Å². The smallest absolute Gasteiger partial charge is 0.370 e. The van der Waals surface area contributed by atoms with Gasteiger partial charge in [0.2, 0.25) is 0 Å². The first-order valence-corrected chi connectivity index (χ1v) is 9.77. The summed E-state index contributed by atoms with van der Waals surface area (Å²) < 4.78 is 42.3. The van der Waals surface area contributed by atoms with Gasteiger partial charge in [0, 0.05) is 30.3 Å². The Morgan fingerprint density at radius 3 is 2.46 bits per heavy atom. The van der Waals surface area contributed by atoms with E-state index in [1.807, 2.05) is 29.7 Å². The van der Waals surface area contributed by atoms with Crippen LogP contribution >= 0.6 is 35.7 Å². The molecule has 0 saturated carbocycles. The van der Waals surface area contributed by atoms with E-state index in [9.17, 15) is 13.2 Å². The fourth-order valence-electron chi connectivity index (χ4n) is 3.05. The monoisotopic (exact) mass is 525 g/mol. The van der Waals surface area contributed by atoms with Gasteiger partial charge in [-0.15, -0.1) is 24.0 Å². The molecule has 154 valence electrons. The molecule has 1 saturated heterocycles. The van der Waals surface area contributed by atoms with Gasteiger partial charge in [-0.1, -0.05) is 6.07 Å². The Kier molecular flexibility index (Phi) is 7.66. The Balaban J connectivity index is 0.00000280. The number of rotatable bonds is 3. The second-order valence-corrected chi connectivity index (χ2v) is 7.68. The van der Waals surface area contributed by atoms with Crippen LogP contribution in [0, 0.1) is 13.8 Å². The van der Waals surface area contributed by atoms with Gasteiger partial charge in [-0.25, -0.2) is 9.67 Å². The highest BCUT2D eigenvalue weighted by Gasteiger charge is 2.34. The molecule has 0 aliphatic carbocycles. The van der Waals surface area contributed by atoms with Gasteiger partial charge in [-0.2, -0.15) is 30.0 Å². The molecule has 3 rings (SSSR count). The number of hydrogen-bond acceptors (Lipinski definition) is 3. The summed E-state index contributed by atoms with van der Waals surface area (Å²) in [7, 11) is 0. The average Bonchev–Trinajstić information content (AvgIpc) is 2.97. The number of alkyl halides is 3. The van der Waals surface area contributed by atoms with E-state index in [1.165, 1.54) is 10.7 Å². The number of hydrogen-bond donors (Lipinski definition) is 1. The van der Waals surface area contributed by atoms with Gasteiger partial charge < -0.3 is 10.6 Å². The number of nitrogens with zero attached hydrogens (tertiary/aromatic N) is 4. The third kappa shape index (κ3) is 5.34. The predicted molar refractivity (Wildman–Crippen MR) is 118 cm³/mol. The highest BCUT2D eigenvalue weighted by atomic mass is 127. The number of aliphatic imine (C=N–C) groups is 1. The number of halogens is 4. The molecule has 0 bridgehead atoms. The lowest BCUT2D eigenvalue weighted by Crippen LogP contribution is -2.42. The zero-order valence-electron chi connectivity index (χ0n) is 15.7. The van der Waals surface area contributed by atoms with Crippen molar-refractivity contribution in [1.82, 2.24) is 14.7 Å². The molecule has 2 aromatic rings. The maximum atomic E-state index is 13.6. The van der Waals surface area contributed by atoms with Gasteiger partial charge in [-0.05, 0) is 37.6 Å². The molecule has 0 spiro atoms. The molecular formula is C18H23F3IN5S. The summed E-state index contributed by atoms with van der Waals surface area (Å²) in [5.41, 5.74) is 7.26. The minimum atomic E-state index is -4.48. The standard InChI is InChI=1S/C18H22F3N5S.HI/c1-12-9-13(2)26(24-12)15-4-3-14(16(10-15)18(19,20)21)11-23-17(22)25-5-7-27-8-6-25;/h3-4,9-10H,5-8,11H2,1-2H3,(H2,22,23);1H. The Morgan fingerprint density at radius 1 is 1.21 bits per heavy atom. The van der Waals surface area contributed by atoms with Crippen molar-refractivity contribution in [3.63, 3.8) is 0 Å². The van der Waals surface area contributed by atoms with E-state index in [-0.39, 0.29) is 36.1 Å². The molecule has 0 radical (unpaired) electrons. The van der Waals surface area contributed by atoms with Crippen LogP contribution in [0.4, 0.5) is 13.2 Å². The maximum Gasteiger partial charge on any atom is 0.416 e. The van der Waals surface area contributed by atoms with Crippen molar-refractivity contribution < 1.29 is 13.2 Å². The van der Waals surface area contributed by atoms with Gasteiger partial charge in [0.1, 0.15) is 0 Å². The summed E-state index contributed by atoms with van der Waals surface area (Å²) >= 11 is 1.83. The normalized spacial score (nSPS) is 15.5. The minimum absolute atomic E-state index is 0. The SMILES string of the molecule is Cc1cc(C)n(-c2ccc(CN=C(N)N3CCSCC3)c(C(F)(F)F)c2)n1.I. The van der Waals surface area contributed by atoms with Crippen molar-refractivity contribution in [2.75, 3.05) is 24.6 Å². The molecule has 10 heteroatoms. The third-order valence-electron chi connectivity index (χ3n) is 4.40. The summed E-state index contributed by atoms with van der Waals surface area (Å²) in [6.07, 6.45) is -4.48. The fourth-order valence-corrected chi connectivity index (χ4v) is 3.95. The van der Waals surface area contributed by atoms with Gasteiger partial charge in [0.25, 0.3) is 0 Å². The molecule has 0 unspecified atom stereocenters. The number of aromatic nitrogens is 2. The van der Waals surface area contributed by atoms with Crippen LogP contribution in [0.3, 0.4) is 0 Å². The molecule has 2 heterocycles. The Hall–Kier alpha value is -1.43. The molecule has 5 nitrogen and oxygen atoms in total. The lowest BCUT2D eigenvalue weighted by atomic mass is 10.1. The molecule has 1 fully saturated rings. The molecular weight excluding hydrogens is 502 g/mol. The van der Waals surface area contributed by atoms with E-state index in [2.05, 4.69) is 10.1 Å². The fraction of sp³-hybridized carbons (Fsp3) is 0.444. The van der Waals surface area contributed by atoms with Crippen molar-refractivity contribution in [2.24, 2.45) is 10.7 Å². The average molecular weight is 525 g/mol. The third-order valence-corrected chi connectivity index (χ3v) is 5.34.